The molecule has 2 aromatic rings. The Morgan fingerprint density at radius 3 is 2.78 bits per heavy atom. The molecular weight excluding hydrogens is 406 g/mol. The Kier molecular flexibility index (Phi) is 6.99. The highest BCUT2D eigenvalue weighted by Crippen LogP contribution is 2.25. The first-order valence-corrected chi connectivity index (χ1v) is 11.3. The zero-order valence-electron chi connectivity index (χ0n) is 18.8. The minimum absolute atomic E-state index is 0.116. The number of hydrogen-bond donors (Lipinski definition) is 1. The van der Waals surface area contributed by atoms with Gasteiger partial charge in [-0.05, 0) is 57.0 Å². The highest BCUT2D eigenvalue weighted by atomic mass is 16.5. The number of nitrogens with one attached hydrogen (secondary N) is 1. The summed E-state index contributed by atoms with van der Waals surface area (Å²) in [6.07, 6.45) is 4.82. The average molecular weight is 438 g/mol. The maximum atomic E-state index is 12.7. The quantitative estimate of drug-likeness (QED) is 0.714. The van der Waals surface area contributed by atoms with E-state index in [0.717, 1.165) is 37.4 Å². The summed E-state index contributed by atoms with van der Waals surface area (Å²) < 4.78 is 5.22. The number of ether oxygens (including phenoxy) is 1. The number of likely N-dealkylation sites (tertiary alicyclic amines) is 2. The van der Waals surface area contributed by atoms with Crippen LogP contribution in [0.2, 0.25) is 0 Å². The third-order valence-corrected chi connectivity index (χ3v) is 6.29. The molecule has 8 nitrogen and oxygen atoms in total. The van der Waals surface area contributed by atoms with Gasteiger partial charge in [0.1, 0.15) is 11.6 Å². The molecule has 1 N–H and O–H groups in total. The van der Waals surface area contributed by atoms with Crippen molar-refractivity contribution in [3.63, 3.8) is 0 Å². The number of nitrogens with zero attached hydrogens (tertiary/aromatic N) is 4. The van der Waals surface area contributed by atoms with Gasteiger partial charge < -0.3 is 15.0 Å². The van der Waals surface area contributed by atoms with Gasteiger partial charge in [0.25, 0.3) is 5.91 Å². The van der Waals surface area contributed by atoms with Gasteiger partial charge >= 0.3 is 0 Å². The van der Waals surface area contributed by atoms with Crippen molar-refractivity contribution in [1.82, 2.24) is 25.1 Å². The number of methoxy groups -OCH3 is 1. The van der Waals surface area contributed by atoms with Crippen LogP contribution in [0.25, 0.3) is 0 Å². The van der Waals surface area contributed by atoms with Crippen LogP contribution in [0.3, 0.4) is 0 Å². The van der Waals surface area contributed by atoms with Crippen LogP contribution in [0.4, 0.5) is 0 Å². The lowest BCUT2D eigenvalue weighted by Gasteiger charge is -2.20. The van der Waals surface area contributed by atoms with Gasteiger partial charge in [-0.1, -0.05) is 12.1 Å². The van der Waals surface area contributed by atoms with E-state index in [1.54, 1.807) is 13.3 Å². The molecule has 2 amide bonds. The minimum Gasteiger partial charge on any atom is -0.497 e. The van der Waals surface area contributed by atoms with Crippen LogP contribution in [-0.4, -0.2) is 71.4 Å². The number of carbonyl (C=O) groups excluding carboxylic acids is 2. The van der Waals surface area contributed by atoms with E-state index in [2.05, 4.69) is 20.2 Å². The third kappa shape index (κ3) is 5.24. The van der Waals surface area contributed by atoms with E-state index in [0.29, 0.717) is 36.7 Å². The van der Waals surface area contributed by atoms with Crippen LogP contribution in [0.15, 0.2) is 30.5 Å². The van der Waals surface area contributed by atoms with Crippen LogP contribution in [-0.2, 0) is 11.3 Å². The summed E-state index contributed by atoms with van der Waals surface area (Å²) in [6, 6.07) is 7.59. The molecule has 4 rings (SSSR count). The maximum absolute atomic E-state index is 12.7. The predicted octanol–water partition coefficient (Wildman–Crippen LogP) is 2.14. The molecule has 0 saturated carbocycles. The number of rotatable bonds is 7. The van der Waals surface area contributed by atoms with E-state index < -0.39 is 0 Å². The number of amides is 2. The van der Waals surface area contributed by atoms with Crippen molar-refractivity contribution < 1.29 is 14.3 Å². The molecule has 0 radical (unpaired) electrons. The SMILES string of the molecule is COc1cccc(CNC(=O)c2cnc([C@H]3CCN(C(=O)CN4CCCC4)C3)nc2C)c1. The molecule has 0 bridgehead atoms. The average Bonchev–Trinajstić information content (AvgIpc) is 3.50. The van der Waals surface area contributed by atoms with Crippen molar-refractivity contribution in [1.29, 1.82) is 0 Å². The molecule has 0 aliphatic carbocycles. The van der Waals surface area contributed by atoms with Crippen molar-refractivity contribution >= 4 is 11.8 Å². The largest absolute Gasteiger partial charge is 0.497 e. The molecule has 1 aromatic carbocycles. The van der Waals surface area contributed by atoms with Gasteiger partial charge in [0.2, 0.25) is 5.91 Å². The number of carbonyl (C=O) groups is 2. The van der Waals surface area contributed by atoms with E-state index in [1.807, 2.05) is 36.1 Å². The summed E-state index contributed by atoms with van der Waals surface area (Å²) in [4.78, 5) is 38.5. The van der Waals surface area contributed by atoms with E-state index in [1.165, 1.54) is 12.8 Å². The van der Waals surface area contributed by atoms with E-state index in [9.17, 15) is 9.59 Å². The van der Waals surface area contributed by atoms with Crippen molar-refractivity contribution in [2.45, 2.75) is 38.6 Å². The zero-order chi connectivity index (χ0) is 22.5. The number of hydrogen-bond acceptors (Lipinski definition) is 6. The molecule has 2 aliphatic heterocycles. The summed E-state index contributed by atoms with van der Waals surface area (Å²) in [5.41, 5.74) is 2.08. The molecule has 1 aromatic heterocycles. The molecule has 170 valence electrons. The van der Waals surface area contributed by atoms with Gasteiger partial charge in [0.05, 0.1) is 24.9 Å². The van der Waals surface area contributed by atoms with Gasteiger partial charge in [-0.15, -0.1) is 0 Å². The van der Waals surface area contributed by atoms with E-state index in [4.69, 9.17) is 4.74 Å². The summed E-state index contributed by atoms with van der Waals surface area (Å²) in [5, 5.41) is 2.92. The van der Waals surface area contributed by atoms with Crippen LogP contribution < -0.4 is 10.1 Å². The van der Waals surface area contributed by atoms with Crippen molar-refractivity contribution in [2.75, 3.05) is 39.8 Å². The number of aryl methyl sites for hydroxylation is 1. The molecule has 32 heavy (non-hydrogen) atoms. The Bertz CT molecular complexity index is 974. The van der Waals surface area contributed by atoms with Crippen LogP contribution >= 0.6 is 0 Å². The first kappa shape index (κ1) is 22.2. The zero-order valence-corrected chi connectivity index (χ0v) is 18.8. The highest BCUT2D eigenvalue weighted by Gasteiger charge is 2.30. The predicted molar refractivity (Wildman–Crippen MR) is 121 cm³/mol. The van der Waals surface area contributed by atoms with E-state index >= 15 is 0 Å². The fourth-order valence-corrected chi connectivity index (χ4v) is 4.39. The van der Waals surface area contributed by atoms with Crippen molar-refractivity contribution in [3.8, 4) is 5.75 Å². The van der Waals surface area contributed by atoms with Gasteiger partial charge in [-0.2, -0.15) is 0 Å². The Morgan fingerprint density at radius 2 is 2.03 bits per heavy atom. The Balaban J connectivity index is 1.33. The summed E-state index contributed by atoms with van der Waals surface area (Å²) in [6.45, 7) is 6.17. The van der Waals surface area contributed by atoms with Crippen molar-refractivity contribution in [2.24, 2.45) is 0 Å². The third-order valence-electron chi connectivity index (χ3n) is 6.29. The van der Waals surface area contributed by atoms with Gasteiger partial charge in [-0.25, -0.2) is 9.97 Å². The number of aromatic nitrogens is 2. The second kappa shape index (κ2) is 10.1. The monoisotopic (exact) mass is 437 g/mol. The molecule has 2 fully saturated rings. The first-order chi connectivity index (χ1) is 15.5. The first-order valence-electron chi connectivity index (χ1n) is 11.3. The molecule has 2 saturated heterocycles. The normalized spacial score (nSPS) is 18.7. The molecule has 0 spiro atoms. The Labute approximate surface area is 189 Å². The van der Waals surface area contributed by atoms with E-state index in [-0.39, 0.29) is 17.7 Å². The minimum atomic E-state index is -0.203. The molecule has 8 heteroatoms. The maximum Gasteiger partial charge on any atom is 0.254 e. The lowest BCUT2D eigenvalue weighted by atomic mass is 10.1. The summed E-state index contributed by atoms with van der Waals surface area (Å²) in [7, 11) is 1.62. The molecule has 2 aliphatic rings. The summed E-state index contributed by atoms with van der Waals surface area (Å²) in [5.74, 6) is 1.57. The van der Waals surface area contributed by atoms with Crippen LogP contribution in [0.1, 0.15) is 52.6 Å². The fraction of sp³-hybridized carbons (Fsp3) is 0.500. The fourth-order valence-electron chi connectivity index (χ4n) is 4.39. The topological polar surface area (TPSA) is 87.7 Å². The lowest BCUT2D eigenvalue weighted by Crippen LogP contribution is -2.38. The number of benzene rings is 1. The molecule has 0 unspecified atom stereocenters. The Morgan fingerprint density at radius 1 is 1.22 bits per heavy atom. The standard InChI is InChI=1S/C24H31N5O3/c1-17-21(24(31)26-13-18-6-5-7-20(12-18)32-2)14-25-23(27-17)19-8-11-29(15-19)22(30)16-28-9-3-4-10-28/h5-7,12,14,19H,3-4,8-11,13,15-16H2,1-2H3,(H,26,31)/t19-/m0/s1. The van der Waals surface area contributed by atoms with Crippen molar-refractivity contribution in [3.05, 3.63) is 53.1 Å². The highest BCUT2D eigenvalue weighted by molar-refractivity contribution is 5.94. The lowest BCUT2D eigenvalue weighted by molar-refractivity contribution is -0.131. The van der Waals surface area contributed by atoms with Gasteiger partial charge in [0.15, 0.2) is 0 Å². The molecule has 3 heterocycles. The molecule has 1 atom stereocenters. The Hall–Kier alpha value is -3.00. The second-order valence-electron chi connectivity index (χ2n) is 8.57. The van der Waals surface area contributed by atoms with Crippen LogP contribution in [0, 0.1) is 6.92 Å². The smallest absolute Gasteiger partial charge is 0.254 e. The second-order valence-corrected chi connectivity index (χ2v) is 8.57. The molecular formula is C24H31N5O3. The van der Waals surface area contributed by atoms with Crippen LogP contribution in [0.5, 0.6) is 5.75 Å². The van der Waals surface area contributed by atoms with Gasteiger partial charge in [0, 0.05) is 31.7 Å². The van der Waals surface area contributed by atoms with Gasteiger partial charge in [-0.3, -0.25) is 14.5 Å². The summed E-state index contributed by atoms with van der Waals surface area (Å²) >= 11 is 0.